The summed E-state index contributed by atoms with van der Waals surface area (Å²) in [5.74, 6) is 0.806. The van der Waals surface area contributed by atoms with Gasteiger partial charge in [0, 0.05) is 17.6 Å². The predicted octanol–water partition coefficient (Wildman–Crippen LogP) is 3.56. The first-order valence-corrected chi connectivity index (χ1v) is 6.35. The zero-order valence-corrected chi connectivity index (χ0v) is 11.2. The molecule has 1 unspecified atom stereocenters. The Labute approximate surface area is 105 Å². The van der Waals surface area contributed by atoms with E-state index in [1.807, 2.05) is 18.2 Å². The SMILES string of the molecule is CC(C1CC1)N(C)c1ccc(Br)cc1C#N. The highest BCUT2D eigenvalue weighted by Crippen LogP contribution is 2.37. The van der Waals surface area contributed by atoms with Crippen molar-refractivity contribution in [2.75, 3.05) is 11.9 Å². The zero-order chi connectivity index (χ0) is 11.7. The minimum absolute atomic E-state index is 0.522. The zero-order valence-electron chi connectivity index (χ0n) is 9.57. The van der Waals surface area contributed by atoms with E-state index in [0.29, 0.717) is 6.04 Å². The van der Waals surface area contributed by atoms with Crippen LogP contribution in [0.1, 0.15) is 25.3 Å². The van der Waals surface area contributed by atoms with Crippen molar-refractivity contribution in [1.82, 2.24) is 0 Å². The summed E-state index contributed by atoms with van der Waals surface area (Å²) in [5.41, 5.74) is 1.77. The predicted molar refractivity (Wildman–Crippen MR) is 69.4 cm³/mol. The quantitative estimate of drug-likeness (QED) is 0.846. The summed E-state index contributed by atoms with van der Waals surface area (Å²) < 4.78 is 0.959. The van der Waals surface area contributed by atoms with E-state index >= 15 is 0 Å². The van der Waals surface area contributed by atoms with Crippen LogP contribution in [0.2, 0.25) is 0 Å². The number of nitriles is 1. The highest BCUT2D eigenvalue weighted by molar-refractivity contribution is 9.10. The molecule has 16 heavy (non-hydrogen) atoms. The largest absolute Gasteiger partial charge is 0.371 e. The molecular formula is C13H15BrN2. The van der Waals surface area contributed by atoms with Gasteiger partial charge >= 0.3 is 0 Å². The van der Waals surface area contributed by atoms with E-state index in [9.17, 15) is 0 Å². The Hall–Kier alpha value is -1.01. The van der Waals surface area contributed by atoms with Crippen LogP contribution >= 0.6 is 15.9 Å². The van der Waals surface area contributed by atoms with Gasteiger partial charge in [-0.1, -0.05) is 15.9 Å². The molecule has 1 atom stereocenters. The van der Waals surface area contributed by atoms with Crippen molar-refractivity contribution in [2.24, 2.45) is 5.92 Å². The molecule has 3 heteroatoms. The summed E-state index contributed by atoms with van der Waals surface area (Å²) in [7, 11) is 2.08. The lowest BCUT2D eigenvalue weighted by Crippen LogP contribution is -2.31. The van der Waals surface area contributed by atoms with Crippen molar-refractivity contribution in [1.29, 1.82) is 5.26 Å². The molecule has 84 valence electrons. The third-order valence-corrected chi connectivity index (χ3v) is 3.87. The molecule has 0 amide bonds. The molecule has 1 aliphatic carbocycles. The Morgan fingerprint density at radius 2 is 2.19 bits per heavy atom. The van der Waals surface area contributed by atoms with Gasteiger partial charge in [0.1, 0.15) is 6.07 Å². The van der Waals surface area contributed by atoms with Crippen molar-refractivity contribution in [2.45, 2.75) is 25.8 Å². The molecule has 1 fully saturated rings. The minimum atomic E-state index is 0.522. The molecule has 0 saturated heterocycles. The standard InChI is InChI=1S/C13H15BrN2/c1-9(10-3-4-10)16(2)13-6-5-12(14)7-11(13)8-15/h5-7,9-10H,3-4H2,1-2H3. The second-order valence-corrected chi connectivity index (χ2v) is 5.38. The van der Waals surface area contributed by atoms with Gasteiger partial charge in [-0.15, -0.1) is 0 Å². The van der Waals surface area contributed by atoms with Crippen molar-refractivity contribution < 1.29 is 0 Å². The molecule has 1 saturated carbocycles. The Balaban J connectivity index is 2.28. The second kappa shape index (κ2) is 4.47. The fourth-order valence-corrected chi connectivity index (χ4v) is 2.38. The van der Waals surface area contributed by atoms with Crippen LogP contribution in [0.4, 0.5) is 5.69 Å². The summed E-state index contributed by atoms with van der Waals surface area (Å²) in [4.78, 5) is 2.22. The van der Waals surface area contributed by atoms with E-state index in [-0.39, 0.29) is 0 Å². The van der Waals surface area contributed by atoms with E-state index < -0.39 is 0 Å². The molecule has 0 bridgehead atoms. The van der Waals surface area contributed by atoms with E-state index in [4.69, 9.17) is 5.26 Å². The van der Waals surface area contributed by atoms with Crippen LogP contribution in [0, 0.1) is 17.2 Å². The van der Waals surface area contributed by atoms with Crippen molar-refractivity contribution >= 4 is 21.6 Å². The Morgan fingerprint density at radius 1 is 1.50 bits per heavy atom. The van der Waals surface area contributed by atoms with Crippen LogP contribution in [-0.2, 0) is 0 Å². The summed E-state index contributed by atoms with van der Waals surface area (Å²) in [6, 6.07) is 8.67. The van der Waals surface area contributed by atoms with E-state index in [2.05, 4.69) is 40.9 Å². The van der Waals surface area contributed by atoms with Gasteiger partial charge in [0.2, 0.25) is 0 Å². The van der Waals surface area contributed by atoms with Gasteiger partial charge < -0.3 is 4.90 Å². The minimum Gasteiger partial charge on any atom is -0.371 e. The van der Waals surface area contributed by atoms with Crippen molar-refractivity contribution in [3.05, 3.63) is 28.2 Å². The maximum absolute atomic E-state index is 9.13. The Bertz CT molecular complexity index is 432. The van der Waals surface area contributed by atoms with Crippen LogP contribution in [0.5, 0.6) is 0 Å². The topological polar surface area (TPSA) is 27.0 Å². The second-order valence-electron chi connectivity index (χ2n) is 4.46. The lowest BCUT2D eigenvalue weighted by molar-refractivity contribution is 0.609. The molecule has 0 spiro atoms. The van der Waals surface area contributed by atoms with Crippen LogP contribution < -0.4 is 4.90 Å². The molecule has 2 nitrogen and oxygen atoms in total. The van der Waals surface area contributed by atoms with Crippen LogP contribution in [0.15, 0.2) is 22.7 Å². The highest BCUT2D eigenvalue weighted by atomic mass is 79.9. The molecule has 2 rings (SSSR count). The number of nitrogens with zero attached hydrogens (tertiary/aromatic N) is 2. The first-order chi connectivity index (χ1) is 7.63. The van der Waals surface area contributed by atoms with Gasteiger partial charge in [-0.25, -0.2) is 0 Å². The number of halogens is 1. The molecule has 0 aromatic heterocycles. The van der Waals surface area contributed by atoms with Crippen molar-refractivity contribution in [3.8, 4) is 6.07 Å². The summed E-state index contributed by atoms with van der Waals surface area (Å²) >= 11 is 3.39. The maximum atomic E-state index is 9.13. The normalized spacial score (nSPS) is 16.6. The number of hydrogen-bond donors (Lipinski definition) is 0. The molecule has 0 N–H and O–H groups in total. The van der Waals surface area contributed by atoms with E-state index in [1.165, 1.54) is 12.8 Å². The number of anilines is 1. The van der Waals surface area contributed by atoms with Gasteiger partial charge in [0.15, 0.2) is 0 Å². The number of benzene rings is 1. The molecule has 0 aliphatic heterocycles. The van der Waals surface area contributed by atoms with Gasteiger partial charge in [0.25, 0.3) is 0 Å². The fourth-order valence-electron chi connectivity index (χ4n) is 2.02. The summed E-state index contributed by atoms with van der Waals surface area (Å²) in [5, 5.41) is 9.13. The molecule has 0 radical (unpaired) electrons. The monoisotopic (exact) mass is 278 g/mol. The molecule has 1 aromatic rings. The van der Waals surface area contributed by atoms with Crippen molar-refractivity contribution in [3.63, 3.8) is 0 Å². The molecule has 1 aliphatic rings. The van der Waals surface area contributed by atoms with Gasteiger partial charge in [-0.05, 0) is 43.9 Å². The third kappa shape index (κ3) is 2.22. The summed E-state index contributed by atoms with van der Waals surface area (Å²) in [6.07, 6.45) is 2.65. The highest BCUT2D eigenvalue weighted by Gasteiger charge is 2.31. The molecular weight excluding hydrogens is 264 g/mol. The van der Waals surface area contributed by atoms with Gasteiger partial charge in [-0.3, -0.25) is 0 Å². The average Bonchev–Trinajstić information content (AvgIpc) is 3.10. The number of rotatable bonds is 3. The first-order valence-electron chi connectivity index (χ1n) is 5.56. The Morgan fingerprint density at radius 3 is 2.75 bits per heavy atom. The number of hydrogen-bond acceptors (Lipinski definition) is 2. The van der Waals surface area contributed by atoms with E-state index in [0.717, 1.165) is 21.6 Å². The first kappa shape index (κ1) is 11.5. The van der Waals surface area contributed by atoms with Gasteiger partial charge in [0.05, 0.1) is 11.3 Å². The molecule has 0 heterocycles. The average molecular weight is 279 g/mol. The lowest BCUT2D eigenvalue weighted by atomic mass is 10.1. The smallest absolute Gasteiger partial charge is 0.101 e. The summed E-state index contributed by atoms with van der Waals surface area (Å²) in [6.45, 7) is 2.24. The van der Waals surface area contributed by atoms with Gasteiger partial charge in [-0.2, -0.15) is 5.26 Å². The fraction of sp³-hybridized carbons (Fsp3) is 0.462. The Kier molecular flexibility index (Phi) is 3.20. The van der Waals surface area contributed by atoms with E-state index in [1.54, 1.807) is 0 Å². The molecule has 1 aromatic carbocycles. The lowest BCUT2D eigenvalue weighted by Gasteiger charge is -2.27. The third-order valence-electron chi connectivity index (χ3n) is 3.37. The van der Waals surface area contributed by atoms with Crippen LogP contribution in [-0.4, -0.2) is 13.1 Å². The van der Waals surface area contributed by atoms with Crippen LogP contribution in [0.25, 0.3) is 0 Å². The van der Waals surface area contributed by atoms with Crippen LogP contribution in [0.3, 0.4) is 0 Å². The maximum Gasteiger partial charge on any atom is 0.101 e.